The predicted molar refractivity (Wildman–Crippen MR) is 70.7 cm³/mol. The van der Waals surface area contributed by atoms with Crippen molar-refractivity contribution in [3.05, 3.63) is 65.5 Å². The highest BCUT2D eigenvalue weighted by Gasteiger charge is 2.19. The molecule has 1 N–H and O–H groups in total. The van der Waals surface area contributed by atoms with E-state index >= 15 is 0 Å². The van der Waals surface area contributed by atoms with Gasteiger partial charge in [0.05, 0.1) is 17.9 Å². The average Bonchev–Trinajstić information content (AvgIpc) is 2.38. The summed E-state index contributed by atoms with van der Waals surface area (Å²) in [7, 11) is 0. The van der Waals surface area contributed by atoms with Crippen molar-refractivity contribution in [1.29, 1.82) is 0 Å². The Kier molecular flexibility index (Phi) is 4.22. The number of nitrogens with zero attached hydrogens (tertiary/aromatic N) is 1. The molecular weight excluding hydrogens is 246 g/mol. The molecule has 0 bridgehead atoms. The molecule has 0 saturated heterocycles. The van der Waals surface area contributed by atoms with E-state index in [1.54, 1.807) is 24.3 Å². The molecule has 2 nitrogen and oxygen atoms in total. The smallest absolute Gasteiger partial charge is 0.141 e. The number of hydrogen-bond acceptors (Lipinski definition) is 2. The lowest BCUT2D eigenvalue weighted by atomic mass is 10.0. The van der Waals surface area contributed by atoms with Crippen molar-refractivity contribution in [2.45, 2.75) is 25.9 Å². The molecule has 1 aromatic carbocycles. The van der Waals surface area contributed by atoms with Gasteiger partial charge in [-0.05, 0) is 32.0 Å². The Bertz CT molecular complexity index is 538. The fourth-order valence-corrected chi connectivity index (χ4v) is 1.94. The topological polar surface area (TPSA) is 24.9 Å². The number of hydrogen-bond donors (Lipinski definition) is 1. The van der Waals surface area contributed by atoms with Crippen LogP contribution >= 0.6 is 0 Å². The van der Waals surface area contributed by atoms with Crippen LogP contribution in [0.4, 0.5) is 8.78 Å². The first-order valence-corrected chi connectivity index (χ1v) is 6.20. The molecular formula is C15H16F2N2. The highest BCUT2D eigenvalue weighted by molar-refractivity contribution is 5.29. The van der Waals surface area contributed by atoms with Crippen LogP contribution in [0.2, 0.25) is 0 Å². The first kappa shape index (κ1) is 13.6. The summed E-state index contributed by atoms with van der Waals surface area (Å²) >= 11 is 0. The second-order valence-corrected chi connectivity index (χ2v) is 4.68. The summed E-state index contributed by atoms with van der Waals surface area (Å²) in [6, 6.07) is 9.20. The average molecular weight is 262 g/mol. The first-order valence-electron chi connectivity index (χ1n) is 6.20. The van der Waals surface area contributed by atoms with Gasteiger partial charge in [0.1, 0.15) is 11.6 Å². The van der Waals surface area contributed by atoms with Crippen LogP contribution in [0.1, 0.15) is 31.1 Å². The summed E-state index contributed by atoms with van der Waals surface area (Å²) in [5.41, 5.74) is 1.11. The molecule has 0 fully saturated rings. The number of benzene rings is 1. The number of nitrogens with one attached hydrogen (secondary N) is 1. The lowest BCUT2D eigenvalue weighted by molar-refractivity contribution is 0.494. The Hall–Kier alpha value is -1.81. The summed E-state index contributed by atoms with van der Waals surface area (Å²) in [4.78, 5) is 4.04. The van der Waals surface area contributed by atoms with Gasteiger partial charge in [-0.25, -0.2) is 8.78 Å². The molecule has 0 aliphatic rings. The van der Waals surface area contributed by atoms with Gasteiger partial charge in [-0.15, -0.1) is 0 Å². The standard InChI is InChI=1S/C15H16F2N2/c1-10(2)19-15(12-5-3-4-6-13(12)17)14-8-7-11(16)9-18-14/h3-10,15,19H,1-2H3. The summed E-state index contributed by atoms with van der Waals surface area (Å²) in [5.74, 6) is -0.702. The fraction of sp³-hybridized carbons (Fsp3) is 0.267. The van der Waals surface area contributed by atoms with Gasteiger partial charge < -0.3 is 5.32 Å². The zero-order chi connectivity index (χ0) is 13.8. The van der Waals surface area contributed by atoms with Crippen molar-refractivity contribution in [1.82, 2.24) is 10.3 Å². The second kappa shape index (κ2) is 5.89. The third kappa shape index (κ3) is 3.35. The van der Waals surface area contributed by atoms with Crippen LogP contribution in [0, 0.1) is 11.6 Å². The maximum atomic E-state index is 13.9. The third-order valence-electron chi connectivity index (χ3n) is 2.76. The largest absolute Gasteiger partial charge is 0.303 e. The first-order chi connectivity index (χ1) is 9.08. The molecule has 0 spiro atoms. The number of aromatic nitrogens is 1. The van der Waals surface area contributed by atoms with E-state index in [2.05, 4.69) is 10.3 Å². The van der Waals surface area contributed by atoms with E-state index in [9.17, 15) is 8.78 Å². The molecule has 19 heavy (non-hydrogen) atoms. The minimum Gasteiger partial charge on any atom is -0.303 e. The summed E-state index contributed by atoms with van der Waals surface area (Å²) < 4.78 is 26.9. The molecule has 2 aromatic rings. The van der Waals surface area contributed by atoms with Crippen LogP contribution in [0.15, 0.2) is 42.6 Å². The van der Waals surface area contributed by atoms with Gasteiger partial charge in [0, 0.05) is 11.6 Å². The number of rotatable bonds is 4. The van der Waals surface area contributed by atoms with E-state index < -0.39 is 5.82 Å². The molecule has 1 atom stereocenters. The van der Waals surface area contributed by atoms with Crippen molar-refractivity contribution >= 4 is 0 Å². The SMILES string of the molecule is CC(C)NC(c1ccc(F)cn1)c1ccccc1F. The molecule has 0 aliphatic heterocycles. The molecule has 1 aromatic heterocycles. The minimum absolute atomic E-state index is 0.149. The molecule has 0 radical (unpaired) electrons. The van der Waals surface area contributed by atoms with Crippen LogP contribution in [0.5, 0.6) is 0 Å². The zero-order valence-electron chi connectivity index (χ0n) is 10.9. The van der Waals surface area contributed by atoms with E-state index in [1.807, 2.05) is 13.8 Å². The Labute approximate surface area is 111 Å². The quantitative estimate of drug-likeness (QED) is 0.913. The molecule has 4 heteroatoms. The molecule has 0 saturated carbocycles. The van der Waals surface area contributed by atoms with Crippen LogP contribution in [0.3, 0.4) is 0 Å². The lowest BCUT2D eigenvalue weighted by Crippen LogP contribution is -2.30. The predicted octanol–water partition coefficient (Wildman–Crippen LogP) is 3.45. The monoisotopic (exact) mass is 262 g/mol. The summed E-state index contributed by atoms with van der Waals surface area (Å²) in [6.07, 6.45) is 1.14. The van der Waals surface area contributed by atoms with Gasteiger partial charge in [-0.3, -0.25) is 4.98 Å². The molecule has 0 amide bonds. The second-order valence-electron chi connectivity index (χ2n) is 4.68. The van der Waals surface area contributed by atoms with Crippen LogP contribution < -0.4 is 5.32 Å². The normalized spacial score (nSPS) is 12.7. The number of pyridine rings is 1. The highest BCUT2D eigenvalue weighted by Crippen LogP contribution is 2.23. The maximum absolute atomic E-state index is 13.9. The van der Waals surface area contributed by atoms with Gasteiger partial charge in [0.15, 0.2) is 0 Å². The molecule has 1 heterocycles. The van der Waals surface area contributed by atoms with Crippen LogP contribution in [-0.2, 0) is 0 Å². The van der Waals surface area contributed by atoms with Crippen molar-refractivity contribution in [2.75, 3.05) is 0 Å². The molecule has 100 valence electrons. The van der Waals surface area contributed by atoms with Crippen molar-refractivity contribution in [3.63, 3.8) is 0 Å². The van der Waals surface area contributed by atoms with E-state index in [0.717, 1.165) is 6.20 Å². The van der Waals surface area contributed by atoms with Crippen LogP contribution in [0.25, 0.3) is 0 Å². The van der Waals surface area contributed by atoms with Crippen molar-refractivity contribution < 1.29 is 8.78 Å². The van der Waals surface area contributed by atoms with E-state index in [0.29, 0.717) is 11.3 Å². The maximum Gasteiger partial charge on any atom is 0.141 e. The van der Waals surface area contributed by atoms with Gasteiger partial charge in [0.2, 0.25) is 0 Å². The lowest BCUT2D eigenvalue weighted by Gasteiger charge is -2.21. The molecule has 2 rings (SSSR count). The van der Waals surface area contributed by atoms with E-state index in [1.165, 1.54) is 12.1 Å². The highest BCUT2D eigenvalue weighted by atomic mass is 19.1. The van der Waals surface area contributed by atoms with Crippen molar-refractivity contribution in [2.24, 2.45) is 0 Å². The summed E-state index contributed by atoms with van der Waals surface area (Å²) in [6.45, 7) is 3.94. The number of halogens is 2. The minimum atomic E-state index is -0.402. The van der Waals surface area contributed by atoms with Gasteiger partial charge >= 0.3 is 0 Å². The Morgan fingerprint density at radius 2 is 1.79 bits per heavy atom. The Morgan fingerprint density at radius 1 is 1.05 bits per heavy atom. The molecule has 1 unspecified atom stereocenters. The zero-order valence-corrected chi connectivity index (χ0v) is 10.9. The van der Waals surface area contributed by atoms with Gasteiger partial charge in [-0.2, -0.15) is 0 Å². The summed E-state index contributed by atoms with van der Waals surface area (Å²) in [5, 5.41) is 3.25. The third-order valence-corrected chi connectivity index (χ3v) is 2.76. The fourth-order valence-electron chi connectivity index (χ4n) is 1.94. The van der Waals surface area contributed by atoms with E-state index in [4.69, 9.17) is 0 Å². The van der Waals surface area contributed by atoms with E-state index in [-0.39, 0.29) is 17.9 Å². The van der Waals surface area contributed by atoms with Crippen molar-refractivity contribution in [3.8, 4) is 0 Å². The van der Waals surface area contributed by atoms with Gasteiger partial charge in [0.25, 0.3) is 0 Å². The molecule has 0 aliphatic carbocycles. The van der Waals surface area contributed by atoms with Gasteiger partial charge in [-0.1, -0.05) is 18.2 Å². The van der Waals surface area contributed by atoms with Crippen LogP contribution in [-0.4, -0.2) is 11.0 Å². The Morgan fingerprint density at radius 3 is 2.37 bits per heavy atom. The Balaban J connectivity index is 2.41.